The Morgan fingerprint density at radius 1 is 0.523 bits per heavy atom. The fraction of sp³-hybridized carbons (Fsp3) is 0.667. The molecule has 0 aliphatic rings. The van der Waals surface area contributed by atoms with Gasteiger partial charge in [0.2, 0.25) is 0 Å². The van der Waals surface area contributed by atoms with Crippen LogP contribution in [0.15, 0.2) is 19.7 Å². The first-order valence-electron chi connectivity index (χ1n) is 17.2. The molecular formula is C36H52Br2O4S2. The summed E-state index contributed by atoms with van der Waals surface area (Å²) in [7, 11) is 0. The molecule has 2 heterocycles. The smallest absolute Gasteiger partial charge is 0.340 e. The summed E-state index contributed by atoms with van der Waals surface area (Å²) in [6.45, 7) is 5.34. The molecule has 1 aromatic carbocycles. The van der Waals surface area contributed by atoms with Crippen molar-refractivity contribution in [2.45, 2.75) is 142 Å². The monoisotopic (exact) mass is 770 g/mol. The molecule has 0 saturated carbocycles. The zero-order valence-corrected chi connectivity index (χ0v) is 31.7. The lowest BCUT2D eigenvalue weighted by molar-refractivity contribution is 0.0490. The van der Waals surface area contributed by atoms with Gasteiger partial charge in [0.05, 0.1) is 41.3 Å². The maximum absolute atomic E-state index is 13.5. The van der Waals surface area contributed by atoms with Gasteiger partial charge >= 0.3 is 11.9 Å². The number of unbranched alkanes of at least 4 members (excludes halogenated alkanes) is 18. The van der Waals surface area contributed by atoms with Crippen molar-refractivity contribution in [1.82, 2.24) is 0 Å². The van der Waals surface area contributed by atoms with Crippen molar-refractivity contribution in [2.75, 3.05) is 13.2 Å². The number of ether oxygens (including phenoxy) is 2. The molecule has 0 spiro atoms. The minimum Gasteiger partial charge on any atom is -0.462 e. The molecule has 8 heteroatoms. The molecular weight excluding hydrogens is 720 g/mol. The van der Waals surface area contributed by atoms with Gasteiger partial charge in [0.1, 0.15) is 0 Å². The molecule has 3 rings (SSSR count). The molecule has 2 aromatic heterocycles. The molecule has 4 nitrogen and oxygen atoms in total. The summed E-state index contributed by atoms with van der Waals surface area (Å²) in [5, 5.41) is 1.50. The molecule has 0 bridgehead atoms. The lowest BCUT2D eigenvalue weighted by Crippen LogP contribution is -2.11. The Morgan fingerprint density at radius 2 is 0.818 bits per heavy atom. The Balaban J connectivity index is 1.53. The third-order valence-electron chi connectivity index (χ3n) is 8.27. The van der Waals surface area contributed by atoms with Crippen LogP contribution in [-0.4, -0.2) is 25.2 Å². The first-order chi connectivity index (χ1) is 21.5. The predicted molar refractivity (Wildman–Crippen MR) is 197 cm³/mol. The lowest BCUT2D eigenvalue weighted by atomic mass is 10.0. The highest BCUT2D eigenvalue weighted by Gasteiger charge is 2.27. The van der Waals surface area contributed by atoms with Crippen molar-refractivity contribution in [1.29, 1.82) is 0 Å². The van der Waals surface area contributed by atoms with Crippen LogP contribution in [0.1, 0.15) is 163 Å². The number of benzene rings is 1. The second-order valence-electron chi connectivity index (χ2n) is 12.0. The van der Waals surface area contributed by atoms with E-state index in [1.807, 2.05) is 12.1 Å². The van der Waals surface area contributed by atoms with Gasteiger partial charge < -0.3 is 9.47 Å². The van der Waals surface area contributed by atoms with E-state index in [9.17, 15) is 9.59 Å². The number of halogens is 2. The van der Waals surface area contributed by atoms with Crippen LogP contribution >= 0.6 is 54.5 Å². The van der Waals surface area contributed by atoms with Crippen LogP contribution in [0.2, 0.25) is 0 Å². The zero-order chi connectivity index (χ0) is 31.6. The Morgan fingerprint density at radius 3 is 1.14 bits per heavy atom. The van der Waals surface area contributed by atoms with Crippen LogP contribution in [0.25, 0.3) is 20.2 Å². The van der Waals surface area contributed by atoms with Crippen molar-refractivity contribution < 1.29 is 19.1 Å². The van der Waals surface area contributed by atoms with Gasteiger partial charge in [-0.05, 0) is 56.8 Å². The van der Waals surface area contributed by atoms with Crippen LogP contribution < -0.4 is 0 Å². The summed E-state index contributed by atoms with van der Waals surface area (Å²) in [6.07, 6.45) is 24.7. The molecule has 0 amide bonds. The fourth-order valence-corrected chi connectivity index (χ4v) is 9.07. The van der Waals surface area contributed by atoms with Gasteiger partial charge in [-0.1, -0.05) is 129 Å². The Labute approximate surface area is 290 Å². The molecule has 246 valence electrons. The average molecular weight is 773 g/mol. The van der Waals surface area contributed by atoms with Crippen molar-refractivity contribution in [3.8, 4) is 0 Å². The van der Waals surface area contributed by atoms with Crippen molar-refractivity contribution in [3.05, 3.63) is 30.8 Å². The number of esters is 2. The quantitative estimate of drug-likeness (QED) is 0.0672. The number of carbonyl (C=O) groups is 2. The van der Waals surface area contributed by atoms with Gasteiger partial charge in [0.25, 0.3) is 0 Å². The van der Waals surface area contributed by atoms with Gasteiger partial charge in [-0.2, -0.15) is 0 Å². The molecule has 0 aliphatic carbocycles. The molecule has 0 aliphatic heterocycles. The van der Waals surface area contributed by atoms with Crippen LogP contribution in [0.4, 0.5) is 0 Å². The molecule has 44 heavy (non-hydrogen) atoms. The first-order valence-corrected chi connectivity index (χ1v) is 20.4. The summed E-state index contributed by atoms with van der Waals surface area (Å²) < 4.78 is 14.9. The third kappa shape index (κ3) is 12.3. The van der Waals surface area contributed by atoms with Gasteiger partial charge in [-0.25, -0.2) is 9.59 Å². The van der Waals surface area contributed by atoms with E-state index in [-0.39, 0.29) is 11.9 Å². The second kappa shape index (κ2) is 21.8. The van der Waals surface area contributed by atoms with E-state index >= 15 is 0 Å². The number of carbonyl (C=O) groups excluding carboxylic acids is 2. The number of fused-ring (bicyclic) bond motifs is 2. The van der Waals surface area contributed by atoms with Crippen molar-refractivity contribution in [3.63, 3.8) is 0 Å². The normalized spacial score (nSPS) is 11.5. The van der Waals surface area contributed by atoms with E-state index in [4.69, 9.17) is 9.47 Å². The summed E-state index contributed by atoms with van der Waals surface area (Å²) in [5.74, 6) is -0.637. The summed E-state index contributed by atoms with van der Waals surface area (Å²) in [5.41, 5.74) is 1.09. The maximum Gasteiger partial charge on any atom is 0.340 e. The molecule has 0 fully saturated rings. The minimum absolute atomic E-state index is 0.319. The maximum atomic E-state index is 13.5. The highest BCUT2D eigenvalue weighted by atomic mass is 79.9. The van der Waals surface area contributed by atoms with E-state index in [0.29, 0.717) is 24.3 Å². The van der Waals surface area contributed by atoms with Crippen LogP contribution in [0.5, 0.6) is 0 Å². The second-order valence-corrected chi connectivity index (χ2v) is 16.8. The van der Waals surface area contributed by atoms with Crippen molar-refractivity contribution >= 4 is 86.6 Å². The van der Waals surface area contributed by atoms with E-state index in [0.717, 1.165) is 53.4 Å². The van der Waals surface area contributed by atoms with E-state index in [1.54, 1.807) is 0 Å². The van der Waals surface area contributed by atoms with E-state index < -0.39 is 0 Å². The third-order valence-corrected chi connectivity index (χ3v) is 11.6. The molecule has 0 radical (unpaired) electrons. The van der Waals surface area contributed by atoms with Gasteiger partial charge in [0, 0.05) is 10.8 Å². The van der Waals surface area contributed by atoms with E-state index in [1.165, 1.54) is 125 Å². The largest absolute Gasteiger partial charge is 0.462 e. The number of hydrogen-bond donors (Lipinski definition) is 0. The molecule has 0 saturated heterocycles. The average Bonchev–Trinajstić information content (AvgIpc) is 3.57. The Hall–Kier alpha value is -0.960. The number of thiophene rings is 2. The van der Waals surface area contributed by atoms with Gasteiger partial charge in [-0.15, -0.1) is 22.7 Å². The van der Waals surface area contributed by atoms with Gasteiger partial charge in [0.15, 0.2) is 0 Å². The summed E-state index contributed by atoms with van der Waals surface area (Å²) >= 11 is 10.1. The molecule has 0 atom stereocenters. The summed E-state index contributed by atoms with van der Waals surface area (Å²) in [6, 6.07) is 3.87. The first kappa shape index (κ1) is 37.5. The lowest BCUT2D eigenvalue weighted by Gasteiger charge is -2.11. The van der Waals surface area contributed by atoms with Crippen molar-refractivity contribution in [2.24, 2.45) is 0 Å². The number of hydrogen-bond acceptors (Lipinski definition) is 6. The molecule has 0 N–H and O–H groups in total. The fourth-order valence-electron chi connectivity index (χ4n) is 5.77. The molecule has 3 aromatic rings. The zero-order valence-electron chi connectivity index (χ0n) is 26.9. The Kier molecular flexibility index (Phi) is 18.5. The van der Waals surface area contributed by atoms with E-state index in [2.05, 4.69) is 45.7 Å². The standard InChI is InChI=1S/C36H52Br2O4S2/c1-3-5-7-9-11-13-15-17-19-21-23-41-35(39)31-27-25-29(37)44-34(27)32(28-26-30(38)43-33(28)31)36(40)42-24-22-20-18-16-14-12-10-8-6-4-2/h25-26H,3-24H2,1-2H3. The summed E-state index contributed by atoms with van der Waals surface area (Å²) in [4.78, 5) is 26.9. The van der Waals surface area contributed by atoms with Crippen LogP contribution in [0.3, 0.4) is 0 Å². The number of rotatable bonds is 24. The minimum atomic E-state index is -0.319. The highest BCUT2D eigenvalue weighted by Crippen LogP contribution is 2.44. The Bertz CT molecular complexity index is 1130. The van der Waals surface area contributed by atoms with Crippen LogP contribution in [0, 0.1) is 0 Å². The predicted octanol–water partition coefficient (Wildman–Crippen LogP) is 13.8. The topological polar surface area (TPSA) is 52.6 Å². The SMILES string of the molecule is CCCCCCCCCCCCOC(=O)c1c2cc(Br)sc2c(C(=O)OCCCCCCCCCCCC)c2cc(Br)sc12. The van der Waals surface area contributed by atoms with Gasteiger partial charge in [-0.3, -0.25) is 0 Å². The van der Waals surface area contributed by atoms with Crippen LogP contribution in [-0.2, 0) is 9.47 Å². The molecule has 0 unspecified atom stereocenters. The highest BCUT2D eigenvalue weighted by molar-refractivity contribution is 9.11.